The van der Waals surface area contributed by atoms with Crippen molar-refractivity contribution in [2.24, 2.45) is 5.73 Å². The number of fused-ring (bicyclic) bond motifs is 1. The molecule has 49 heavy (non-hydrogen) atoms. The third-order valence-corrected chi connectivity index (χ3v) is 10.0. The predicted octanol–water partition coefficient (Wildman–Crippen LogP) is -7.16. The van der Waals surface area contributed by atoms with Crippen molar-refractivity contribution in [1.29, 1.82) is 0 Å². The molecule has 1 amide bonds. The maximum atomic E-state index is 12.4. The number of nitrogen functional groups attached to an aromatic ring is 1. The van der Waals surface area contributed by atoms with E-state index in [0.717, 1.165) is 17.2 Å². The number of aliphatic hydroxyl groups excluding tert-OH is 3. The van der Waals surface area contributed by atoms with Gasteiger partial charge in [-0.1, -0.05) is 0 Å². The van der Waals surface area contributed by atoms with Crippen molar-refractivity contribution < 1.29 is 115 Å². The van der Waals surface area contributed by atoms with E-state index >= 15 is 0 Å². The molecule has 2 aliphatic heterocycles. The van der Waals surface area contributed by atoms with Crippen LogP contribution in [0.1, 0.15) is 22.8 Å². The van der Waals surface area contributed by atoms with Gasteiger partial charge in [0.25, 0.3) is 27.8 Å². The van der Waals surface area contributed by atoms with Gasteiger partial charge in [0.05, 0.1) is 19.5 Å². The SMILES string of the molecule is NC(=O)c1ccc[n+]([C@@H]2O[C@H](COP(=O)([O-])OP(=O)([O-])OC[C@H]3O[C@@H](n4cnc5c(N)ncnc54)[C@H](OP(=O)(O)O)[C@H]3O)[C@H](O)[C@H]2O)c1.[Na+]. The Balaban J connectivity index is 0.00000541. The molecule has 3 aromatic rings. The molecule has 2 aliphatic rings. The molecule has 10 atom stereocenters. The molecule has 0 aliphatic carbocycles. The van der Waals surface area contributed by atoms with Crippen LogP contribution in [0.5, 0.6) is 0 Å². The summed E-state index contributed by atoms with van der Waals surface area (Å²) >= 11 is 0. The summed E-state index contributed by atoms with van der Waals surface area (Å²) in [5.41, 5.74) is 11.0. The fraction of sp³-hybridized carbons (Fsp3) is 0.476. The summed E-state index contributed by atoms with van der Waals surface area (Å²) in [6.45, 7) is -2.21. The number of aromatic nitrogens is 5. The molecular formula is C21H27N7NaO17P3. The van der Waals surface area contributed by atoms with E-state index in [-0.39, 0.29) is 52.1 Å². The van der Waals surface area contributed by atoms with Crippen LogP contribution in [0.25, 0.3) is 11.2 Å². The summed E-state index contributed by atoms with van der Waals surface area (Å²) in [7, 11) is -16.9. The molecule has 0 saturated carbocycles. The number of phosphoric acid groups is 3. The molecule has 24 nitrogen and oxygen atoms in total. The third-order valence-electron chi connectivity index (χ3n) is 6.96. The Morgan fingerprint density at radius 1 is 1.00 bits per heavy atom. The summed E-state index contributed by atoms with van der Waals surface area (Å²) < 4.78 is 67.4. The van der Waals surface area contributed by atoms with Gasteiger partial charge >= 0.3 is 37.4 Å². The largest absolute Gasteiger partial charge is 1.00 e. The second-order valence-electron chi connectivity index (χ2n) is 10.2. The zero-order valence-electron chi connectivity index (χ0n) is 24.9. The quantitative estimate of drug-likeness (QED) is 0.0483. The van der Waals surface area contributed by atoms with Crippen LogP contribution in [0.15, 0.2) is 37.2 Å². The Morgan fingerprint density at radius 3 is 2.24 bits per heavy atom. The molecule has 5 heterocycles. The number of ether oxygens (including phenoxy) is 2. The number of pyridine rings is 1. The first kappa shape index (κ1) is 39.9. The summed E-state index contributed by atoms with van der Waals surface area (Å²) in [6, 6.07) is 2.76. The number of hydrogen-bond donors (Lipinski definition) is 7. The first-order valence-corrected chi connectivity index (χ1v) is 17.8. The van der Waals surface area contributed by atoms with Gasteiger partial charge in [0.15, 0.2) is 36.2 Å². The van der Waals surface area contributed by atoms with Gasteiger partial charge in [0.1, 0.15) is 47.9 Å². The van der Waals surface area contributed by atoms with Gasteiger partial charge in [0, 0.05) is 6.07 Å². The third kappa shape index (κ3) is 9.33. The molecule has 2 unspecified atom stereocenters. The number of carbonyl (C=O) groups is 1. The number of imidazole rings is 1. The first-order valence-electron chi connectivity index (χ1n) is 13.3. The number of nitrogens with zero attached hydrogens (tertiary/aromatic N) is 5. The number of aliphatic hydroxyl groups is 3. The van der Waals surface area contributed by atoms with Gasteiger partial charge in [0.2, 0.25) is 0 Å². The molecule has 264 valence electrons. The van der Waals surface area contributed by atoms with E-state index in [1.54, 1.807) is 0 Å². The number of primary amides is 1. The van der Waals surface area contributed by atoms with E-state index in [1.165, 1.54) is 29.1 Å². The average molecular weight is 765 g/mol. The molecule has 9 N–H and O–H groups in total. The smallest absolute Gasteiger partial charge is 0.756 e. The molecule has 0 spiro atoms. The summed E-state index contributed by atoms with van der Waals surface area (Å²) in [5.74, 6) is -0.876. The Morgan fingerprint density at radius 2 is 1.63 bits per heavy atom. The molecule has 28 heteroatoms. The van der Waals surface area contributed by atoms with Gasteiger partial charge in [-0.15, -0.1) is 0 Å². The monoisotopic (exact) mass is 765 g/mol. The van der Waals surface area contributed by atoms with Crippen molar-refractivity contribution >= 4 is 46.4 Å². The van der Waals surface area contributed by atoms with Gasteiger partial charge in [-0.25, -0.2) is 23.8 Å². The fourth-order valence-electron chi connectivity index (χ4n) is 4.82. The molecule has 0 aromatic carbocycles. The van der Waals surface area contributed by atoms with E-state index in [2.05, 4.69) is 32.8 Å². The number of rotatable bonds is 13. The second kappa shape index (κ2) is 15.4. The van der Waals surface area contributed by atoms with Crippen LogP contribution in [-0.2, 0) is 41.1 Å². The maximum Gasteiger partial charge on any atom is 1.00 e. The van der Waals surface area contributed by atoms with Crippen LogP contribution in [-0.4, -0.2) is 100 Å². The minimum atomic E-state index is -5.84. The normalized spacial score (nSPS) is 29.7. The molecule has 2 fully saturated rings. The number of amides is 1. The van der Waals surface area contributed by atoms with E-state index in [0.29, 0.717) is 0 Å². The topological polar surface area (TPSA) is 370 Å². The minimum absolute atomic E-state index is 0. The zero-order chi connectivity index (χ0) is 35.2. The minimum Gasteiger partial charge on any atom is -0.756 e. The molecular weight excluding hydrogens is 738 g/mol. The summed E-state index contributed by atoms with van der Waals surface area (Å²) in [5, 5.41) is 31.4. The number of anilines is 1. The van der Waals surface area contributed by atoms with Crippen molar-refractivity contribution in [2.45, 2.75) is 49.1 Å². The molecule has 0 radical (unpaired) electrons. The first-order chi connectivity index (χ1) is 22.4. The van der Waals surface area contributed by atoms with Gasteiger partial charge in [-0.3, -0.25) is 23.0 Å². The van der Waals surface area contributed by atoms with Crippen LogP contribution < -0.4 is 55.4 Å². The molecule has 3 aromatic heterocycles. The number of nitrogens with two attached hydrogens (primary N) is 2. The predicted molar refractivity (Wildman–Crippen MR) is 146 cm³/mol. The Bertz CT molecular complexity index is 1820. The Hall–Kier alpha value is -1.86. The van der Waals surface area contributed by atoms with E-state index in [4.69, 9.17) is 20.9 Å². The van der Waals surface area contributed by atoms with Crippen LogP contribution in [0.3, 0.4) is 0 Å². The molecule has 2 saturated heterocycles. The van der Waals surface area contributed by atoms with Crippen LogP contribution in [0.2, 0.25) is 0 Å². The fourth-order valence-corrected chi connectivity index (χ4v) is 7.38. The van der Waals surface area contributed by atoms with Crippen molar-refractivity contribution in [3.05, 3.63) is 42.7 Å². The van der Waals surface area contributed by atoms with E-state index in [9.17, 15) is 53.4 Å². The number of carbonyl (C=O) groups excluding carboxylic acids is 1. The molecule has 5 rings (SSSR count). The van der Waals surface area contributed by atoms with Crippen molar-refractivity contribution in [1.82, 2.24) is 19.5 Å². The zero-order valence-corrected chi connectivity index (χ0v) is 29.5. The molecule has 0 bridgehead atoms. The van der Waals surface area contributed by atoms with Crippen LogP contribution >= 0.6 is 23.5 Å². The van der Waals surface area contributed by atoms with Crippen molar-refractivity contribution in [3.8, 4) is 0 Å². The van der Waals surface area contributed by atoms with Gasteiger partial charge in [-0.2, -0.15) is 4.57 Å². The van der Waals surface area contributed by atoms with Gasteiger partial charge < -0.3 is 64.9 Å². The average Bonchev–Trinajstić information content (AvgIpc) is 3.64. The van der Waals surface area contributed by atoms with Gasteiger partial charge in [-0.05, 0) is 6.07 Å². The Labute approximate surface area is 296 Å². The van der Waals surface area contributed by atoms with E-state index < -0.39 is 91.7 Å². The summed E-state index contributed by atoms with van der Waals surface area (Å²) in [4.78, 5) is 66.6. The summed E-state index contributed by atoms with van der Waals surface area (Å²) in [6.07, 6.45) is -8.80. The van der Waals surface area contributed by atoms with Crippen molar-refractivity contribution in [2.75, 3.05) is 18.9 Å². The maximum absolute atomic E-state index is 12.4. The van der Waals surface area contributed by atoms with Crippen LogP contribution in [0.4, 0.5) is 5.82 Å². The van der Waals surface area contributed by atoms with Crippen molar-refractivity contribution in [3.63, 3.8) is 0 Å². The van der Waals surface area contributed by atoms with Crippen LogP contribution in [0, 0.1) is 0 Å². The second-order valence-corrected chi connectivity index (χ2v) is 14.4. The van der Waals surface area contributed by atoms with E-state index in [1.807, 2.05) is 0 Å². The number of hydrogen-bond acceptors (Lipinski definition) is 19. The number of phosphoric ester groups is 3. The Kier molecular flexibility index (Phi) is 12.5. The standard InChI is InChI=1S/C21H28N7O17P3.Na/c22-17-12-19(25-7-24-17)28(8-26-12)21-16(44-46(33,34)35)14(30)11(43-21)6-41-48(38,39)45-47(36,37)40-5-10-13(29)15(31)20(42-10)27-3-1-2-9(4-27)18(23)32;/h1-4,7-8,10-11,13-16,20-21,29-31H,5-6H2,(H7-,22,23,24,25,32,33,34,35,36,37,38,39);/q;+1/p-1/t10-,11-,13+,14+,15-,16-,20-,21-;/m1./s1.